The van der Waals surface area contributed by atoms with Crippen molar-refractivity contribution in [2.75, 3.05) is 26.4 Å². The van der Waals surface area contributed by atoms with E-state index in [1.807, 2.05) is 0 Å². The summed E-state index contributed by atoms with van der Waals surface area (Å²) >= 11 is 0. The van der Waals surface area contributed by atoms with Crippen LogP contribution in [0.5, 0.6) is 0 Å². The number of carbonyl (C=O) groups is 3. The summed E-state index contributed by atoms with van der Waals surface area (Å²) in [6, 6.07) is 0. The van der Waals surface area contributed by atoms with Gasteiger partial charge in [0.15, 0.2) is 6.61 Å². The third-order valence-corrected chi connectivity index (χ3v) is 4.01. The number of H-pyrrole nitrogens is 1. The summed E-state index contributed by atoms with van der Waals surface area (Å²) in [7, 11) is 0. The number of esters is 2. The first-order chi connectivity index (χ1) is 11.9. The van der Waals surface area contributed by atoms with Crippen LogP contribution in [-0.2, 0) is 19.0 Å². The number of aryl methyl sites for hydroxylation is 1. The molecule has 8 nitrogen and oxygen atoms in total. The number of amides is 1. The van der Waals surface area contributed by atoms with Crippen LogP contribution in [0.15, 0.2) is 0 Å². The van der Waals surface area contributed by atoms with Gasteiger partial charge in [-0.05, 0) is 39.2 Å². The largest absolute Gasteiger partial charge is 0.461 e. The number of nitrogens with one attached hydrogen (secondary N) is 2. The van der Waals surface area contributed by atoms with Crippen molar-refractivity contribution in [3.05, 3.63) is 22.5 Å². The number of aromatic amines is 1. The molecule has 1 amide bonds. The van der Waals surface area contributed by atoms with Gasteiger partial charge in [0, 0.05) is 18.8 Å². The third kappa shape index (κ3) is 4.82. The zero-order valence-electron chi connectivity index (χ0n) is 14.8. The maximum Gasteiger partial charge on any atom is 0.355 e. The molecule has 1 aliphatic rings. The monoisotopic (exact) mass is 352 g/mol. The van der Waals surface area contributed by atoms with Crippen LogP contribution >= 0.6 is 0 Å². The summed E-state index contributed by atoms with van der Waals surface area (Å²) in [6.07, 6.45) is 1.93. The average Bonchev–Trinajstić information content (AvgIpc) is 3.19. The van der Waals surface area contributed by atoms with Gasteiger partial charge in [0.1, 0.15) is 5.69 Å². The molecule has 2 N–H and O–H groups in total. The number of aromatic nitrogens is 1. The van der Waals surface area contributed by atoms with Gasteiger partial charge < -0.3 is 24.5 Å². The Morgan fingerprint density at radius 2 is 2.00 bits per heavy atom. The first-order valence-electron chi connectivity index (χ1n) is 8.35. The average molecular weight is 352 g/mol. The van der Waals surface area contributed by atoms with Crippen LogP contribution in [-0.4, -0.2) is 55.3 Å². The molecule has 0 spiro atoms. The number of carbonyl (C=O) groups excluding carboxylic acids is 3. The van der Waals surface area contributed by atoms with E-state index in [1.54, 1.807) is 20.8 Å². The van der Waals surface area contributed by atoms with E-state index in [4.69, 9.17) is 14.2 Å². The number of hydrogen-bond donors (Lipinski definition) is 2. The van der Waals surface area contributed by atoms with E-state index >= 15 is 0 Å². The van der Waals surface area contributed by atoms with Crippen molar-refractivity contribution in [3.63, 3.8) is 0 Å². The SMILES string of the molecule is CCOC(=O)c1[nH]c(C)c(C(=O)OCC(=O)NC[C@H]2CCCO2)c1C. The highest BCUT2D eigenvalue weighted by molar-refractivity contribution is 5.99. The predicted octanol–water partition coefficient (Wildman–Crippen LogP) is 1.26. The molecular formula is C17H24N2O6. The van der Waals surface area contributed by atoms with Crippen LogP contribution < -0.4 is 5.32 Å². The number of ether oxygens (including phenoxy) is 3. The van der Waals surface area contributed by atoms with Crippen molar-refractivity contribution in [2.24, 2.45) is 0 Å². The molecule has 1 aliphatic heterocycles. The van der Waals surface area contributed by atoms with E-state index < -0.39 is 11.9 Å². The quantitative estimate of drug-likeness (QED) is 0.716. The van der Waals surface area contributed by atoms with E-state index in [0.29, 0.717) is 24.4 Å². The topological polar surface area (TPSA) is 107 Å². The van der Waals surface area contributed by atoms with Gasteiger partial charge in [-0.25, -0.2) is 9.59 Å². The van der Waals surface area contributed by atoms with Crippen LogP contribution in [0.1, 0.15) is 51.9 Å². The van der Waals surface area contributed by atoms with E-state index in [0.717, 1.165) is 12.8 Å². The van der Waals surface area contributed by atoms with E-state index in [-0.39, 0.29) is 36.5 Å². The van der Waals surface area contributed by atoms with Gasteiger partial charge >= 0.3 is 11.9 Å². The Kier molecular flexibility index (Phi) is 6.58. The van der Waals surface area contributed by atoms with Gasteiger partial charge in [-0.2, -0.15) is 0 Å². The number of rotatable bonds is 7. The summed E-state index contributed by atoms with van der Waals surface area (Å²) in [5.74, 6) is -1.58. The van der Waals surface area contributed by atoms with Crippen molar-refractivity contribution < 1.29 is 28.6 Å². The van der Waals surface area contributed by atoms with Gasteiger partial charge in [0.25, 0.3) is 5.91 Å². The highest BCUT2D eigenvalue weighted by Crippen LogP contribution is 2.19. The smallest absolute Gasteiger partial charge is 0.355 e. The molecule has 0 unspecified atom stereocenters. The lowest BCUT2D eigenvalue weighted by atomic mass is 10.1. The summed E-state index contributed by atoms with van der Waals surface area (Å²) in [5.41, 5.74) is 1.40. The van der Waals surface area contributed by atoms with Gasteiger partial charge in [-0.15, -0.1) is 0 Å². The highest BCUT2D eigenvalue weighted by Gasteiger charge is 2.24. The Morgan fingerprint density at radius 1 is 1.24 bits per heavy atom. The molecule has 0 saturated carbocycles. The fourth-order valence-corrected chi connectivity index (χ4v) is 2.75. The van der Waals surface area contributed by atoms with E-state index in [1.165, 1.54) is 0 Å². The minimum absolute atomic E-state index is 0.0287. The van der Waals surface area contributed by atoms with Gasteiger partial charge in [-0.1, -0.05) is 0 Å². The molecule has 1 aromatic rings. The predicted molar refractivity (Wildman–Crippen MR) is 88.5 cm³/mol. The fourth-order valence-electron chi connectivity index (χ4n) is 2.75. The Balaban J connectivity index is 1.89. The summed E-state index contributed by atoms with van der Waals surface area (Å²) in [5, 5.41) is 2.68. The molecule has 0 aromatic carbocycles. The van der Waals surface area contributed by atoms with Crippen LogP contribution in [0.3, 0.4) is 0 Å². The van der Waals surface area contributed by atoms with Crippen LogP contribution in [0, 0.1) is 13.8 Å². The maximum absolute atomic E-state index is 12.2. The second-order valence-electron chi connectivity index (χ2n) is 5.86. The molecule has 25 heavy (non-hydrogen) atoms. The fraction of sp³-hybridized carbons (Fsp3) is 0.588. The van der Waals surface area contributed by atoms with Gasteiger partial charge in [0.05, 0.1) is 18.3 Å². The molecule has 1 fully saturated rings. The molecule has 1 atom stereocenters. The normalized spacial score (nSPS) is 16.5. The van der Waals surface area contributed by atoms with E-state index in [9.17, 15) is 14.4 Å². The second kappa shape index (κ2) is 8.66. The van der Waals surface area contributed by atoms with Crippen molar-refractivity contribution in [3.8, 4) is 0 Å². The Morgan fingerprint density at radius 3 is 2.64 bits per heavy atom. The summed E-state index contributed by atoms with van der Waals surface area (Å²) in [4.78, 5) is 38.7. The molecular weight excluding hydrogens is 328 g/mol. The molecule has 1 saturated heterocycles. The Labute approximate surface area is 146 Å². The molecule has 2 rings (SSSR count). The lowest BCUT2D eigenvalue weighted by Crippen LogP contribution is -2.34. The van der Waals surface area contributed by atoms with Crippen molar-refractivity contribution in [1.82, 2.24) is 10.3 Å². The van der Waals surface area contributed by atoms with Crippen molar-refractivity contribution in [2.45, 2.75) is 39.7 Å². The first kappa shape index (κ1) is 19.0. The zero-order valence-corrected chi connectivity index (χ0v) is 14.8. The Bertz CT molecular complexity index is 646. The van der Waals surface area contributed by atoms with Crippen LogP contribution in [0.2, 0.25) is 0 Å². The lowest BCUT2D eigenvalue weighted by Gasteiger charge is -2.11. The van der Waals surface area contributed by atoms with Gasteiger partial charge in [-0.3, -0.25) is 4.79 Å². The maximum atomic E-state index is 12.2. The lowest BCUT2D eigenvalue weighted by molar-refractivity contribution is -0.124. The van der Waals surface area contributed by atoms with Crippen molar-refractivity contribution in [1.29, 1.82) is 0 Å². The Hall–Kier alpha value is -2.35. The summed E-state index contributed by atoms with van der Waals surface area (Å²) < 4.78 is 15.4. The minimum Gasteiger partial charge on any atom is -0.461 e. The van der Waals surface area contributed by atoms with Gasteiger partial charge in [0.2, 0.25) is 0 Å². The van der Waals surface area contributed by atoms with E-state index in [2.05, 4.69) is 10.3 Å². The second-order valence-corrected chi connectivity index (χ2v) is 5.86. The highest BCUT2D eigenvalue weighted by atomic mass is 16.5. The van der Waals surface area contributed by atoms with Crippen molar-refractivity contribution >= 4 is 17.8 Å². The van der Waals surface area contributed by atoms with Crippen LogP contribution in [0.25, 0.3) is 0 Å². The number of hydrogen-bond acceptors (Lipinski definition) is 6. The van der Waals surface area contributed by atoms with Crippen LogP contribution in [0.4, 0.5) is 0 Å². The third-order valence-electron chi connectivity index (χ3n) is 4.01. The minimum atomic E-state index is -0.658. The standard InChI is InChI=1S/C17H24N2O6/c1-4-23-17(22)15-10(2)14(11(3)19-15)16(21)25-9-13(20)18-8-12-6-5-7-24-12/h12,19H,4-9H2,1-3H3,(H,18,20)/t12-/m1/s1. The molecule has 8 heteroatoms. The zero-order chi connectivity index (χ0) is 18.4. The summed E-state index contributed by atoms with van der Waals surface area (Å²) in [6.45, 7) is 5.96. The first-order valence-corrected chi connectivity index (χ1v) is 8.35. The molecule has 2 heterocycles. The molecule has 1 aromatic heterocycles. The molecule has 138 valence electrons. The molecule has 0 radical (unpaired) electrons. The molecule has 0 bridgehead atoms. The molecule has 0 aliphatic carbocycles.